The Labute approximate surface area is 92.6 Å². The molecule has 0 saturated heterocycles. The second-order valence-electron chi connectivity index (χ2n) is 2.76. The van der Waals surface area contributed by atoms with E-state index in [-0.39, 0.29) is 11.4 Å². The van der Waals surface area contributed by atoms with Crippen molar-refractivity contribution in [2.24, 2.45) is 0 Å². The third kappa shape index (κ3) is 3.29. The van der Waals surface area contributed by atoms with Gasteiger partial charge in [0.1, 0.15) is 10.8 Å². The van der Waals surface area contributed by atoms with Gasteiger partial charge in [0.2, 0.25) is 5.28 Å². The van der Waals surface area contributed by atoms with Gasteiger partial charge in [-0.1, -0.05) is 11.6 Å². The number of nitrogens with zero attached hydrogens (tertiary/aromatic N) is 2. The van der Waals surface area contributed by atoms with Gasteiger partial charge in [0.25, 0.3) is 0 Å². The van der Waals surface area contributed by atoms with Gasteiger partial charge in [-0.3, -0.25) is 0 Å². The fourth-order valence-corrected chi connectivity index (χ4v) is 1.08. The Hall–Kier alpha value is -0.580. The second kappa shape index (κ2) is 5.34. The molecule has 1 aromatic rings. The van der Waals surface area contributed by atoms with E-state index in [1.165, 1.54) is 6.20 Å². The fraction of sp³-hybridized carbons (Fsp3) is 0.500. The molecule has 0 amide bonds. The number of anilines is 1. The van der Waals surface area contributed by atoms with Crippen LogP contribution >= 0.6 is 23.2 Å². The van der Waals surface area contributed by atoms with Crippen LogP contribution in [0.5, 0.6) is 0 Å². The molecular weight excluding hydrogens is 225 g/mol. The van der Waals surface area contributed by atoms with Crippen LogP contribution in [-0.2, 0) is 4.74 Å². The molecule has 1 unspecified atom stereocenters. The maximum absolute atomic E-state index is 5.84. The molecule has 0 aliphatic rings. The van der Waals surface area contributed by atoms with Gasteiger partial charge >= 0.3 is 0 Å². The summed E-state index contributed by atoms with van der Waals surface area (Å²) in [5.41, 5.74) is 0. The number of rotatable bonds is 4. The molecule has 4 nitrogen and oxygen atoms in total. The normalized spacial score (nSPS) is 12.6. The lowest BCUT2D eigenvalue weighted by Gasteiger charge is -2.11. The number of methoxy groups -OCH3 is 1. The summed E-state index contributed by atoms with van der Waals surface area (Å²) in [7, 11) is 1.64. The van der Waals surface area contributed by atoms with Crippen LogP contribution in [0.1, 0.15) is 6.92 Å². The number of halogens is 2. The number of aromatic nitrogens is 2. The van der Waals surface area contributed by atoms with E-state index in [1.807, 2.05) is 6.92 Å². The molecule has 1 atom stereocenters. The van der Waals surface area contributed by atoms with E-state index in [2.05, 4.69) is 15.3 Å². The second-order valence-corrected chi connectivity index (χ2v) is 3.51. The zero-order valence-corrected chi connectivity index (χ0v) is 9.43. The van der Waals surface area contributed by atoms with E-state index in [1.54, 1.807) is 7.11 Å². The Bertz CT molecular complexity index is 309. The van der Waals surface area contributed by atoms with Crippen LogP contribution in [0.15, 0.2) is 6.20 Å². The average molecular weight is 236 g/mol. The first-order valence-electron chi connectivity index (χ1n) is 4.08. The molecule has 0 saturated carbocycles. The topological polar surface area (TPSA) is 47.0 Å². The number of ether oxygens (including phenoxy) is 1. The molecular formula is C8H11Cl2N3O. The molecule has 14 heavy (non-hydrogen) atoms. The molecule has 0 aliphatic carbocycles. The van der Waals surface area contributed by atoms with E-state index >= 15 is 0 Å². The van der Waals surface area contributed by atoms with Crippen LogP contribution in [0.3, 0.4) is 0 Å². The fourth-order valence-electron chi connectivity index (χ4n) is 0.793. The molecule has 1 rings (SSSR count). The summed E-state index contributed by atoms with van der Waals surface area (Å²) in [6.07, 6.45) is 1.54. The molecule has 0 aliphatic heterocycles. The number of hydrogen-bond donors (Lipinski definition) is 1. The highest BCUT2D eigenvalue weighted by Crippen LogP contribution is 2.19. The summed E-state index contributed by atoms with van der Waals surface area (Å²) in [5, 5.41) is 3.62. The first-order chi connectivity index (χ1) is 6.63. The minimum absolute atomic E-state index is 0.0832. The summed E-state index contributed by atoms with van der Waals surface area (Å²) in [6, 6.07) is 0. The molecule has 0 bridgehead atoms. The molecule has 1 aromatic heterocycles. The molecule has 0 spiro atoms. The Kier molecular flexibility index (Phi) is 4.38. The maximum atomic E-state index is 5.84. The van der Waals surface area contributed by atoms with Crippen LogP contribution in [0.2, 0.25) is 10.3 Å². The highest BCUT2D eigenvalue weighted by atomic mass is 35.5. The Balaban J connectivity index is 2.62. The average Bonchev–Trinajstić information content (AvgIpc) is 2.19. The van der Waals surface area contributed by atoms with Crippen LogP contribution < -0.4 is 5.32 Å². The van der Waals surface area contributed by atoms with E-state index in [0.29, 0.717) is 17.4 Å². The van der Waals surface area contributed by atoms with Gasteiger partial charge in [-0.15, -0.1) is 0 Å². The lowest BCUT2D eigenvalue weighted by atomic mass is 10.4. The predicted molar refractivity (Wildman–Crippen MR) is 57.0 cm³/mol. The Morgan fingerprint density at radius 1 is 1.57 bits per heavy atom. The summed E-state index contributed by atoms with van der Waals surface area (Å²) >= 11 is 11.4. The molecule has 1 heterocycles. The van der Waals surface area contributed by atoms with E-state index in [0.717, 1.165) is 0 Å². The van der Waals surface area contributed by atoms with Crippen LogP contribution in [-0.4, -0.2) is 29.7 Å². The standard InChI is InChI=1S/C8H11Cl2N3O/c1-5(14-2)3-11-7-6(9)4-12-8(10)13-7/h4-5H,3H2,1-2H3,(H,11,12,13). The van der Waals surface area contributed by atoms with Crippen molar-refractivity contribution in [3.63, 3.8) is 0 Å². The Morgan fingerprint density at radius 3 is 2.93 bits per heavy atom. The van der Waals surface area contributed by atoms with E-state index in [4.69, 9.17) is 27.9 Å². The minimum atomic E-state index is 0.0832. The number of hydrogen-bond acceptors (Lipinski definition) is 4. The zero-order valence-electron chi connectivity index (χ0n) is 7.92. The molecule has 1 N–H and O–H groups in total. The summed E-state index contributed by atoms with van der Waals surface area (Å²) in [6.45, 7) is 2.55. The van der Waals surface area contributed by atoms with Crippen molar-refractivity contribution in [1.82, 2.24) is 9.97 Å². The lowest BCUT2D eigenvalue weighted by Crippen LogP contribution is -2.18. The highest BCUT2D eigenvalue weighted by molar-refractivity contribution is 6.33. The van der Waals surface area contributed by atoms with Crippen molar-refractivity contribution >= 4 is 29.0 Å². The quantitative estimate of drug-likeness (QED) is 0.814. The Morgan fingerprint density at radius 2 is 2.29 bits per heavy atom. The molecule has 6 heteroatoms. The van der Waals surface area contributed by atoms with Gasteiger partial charge in [-0.2, -0.15) is 4.98 Å². The van der Waals surface area contributed by atoms with Crippen molar-refractivity contribution < 1.29 is 4.74 Å². The predicted octanol–water partition coefficient (Wildman–Crippen LogP) is 2.23. The summed E-state index contributed by atoms with van der Waals surface area (Å²) < 4.78 is 5.06. The van der Waals surface area contributed by atoms with Crippen molar-refractivity contribution in [3.8, 4) is 0 Å². The van der Waals surface area contributed by atoms with Gasteiger partial charge in [0.15, 0.2) is 0 Å². The third-order valence-electron chi connectivity index (χ3n) is 1.67. The molecule has 78 valence electrons. The summed E-state index contributed by atoms with van der Waals surface area (Å²) in [4.78, 5) is 7.67. The lowest BCUT2D eigenvalue weighted by molar-refractivity contribution is 0.128. The SMILES string of the molecule is COC(C)CNc1nc(Cl)ncc1Cl. The van der Waals surface area contributed by atoms with Crippen LogP contribution in [0.25, 0.3) is 0 Å². The van der Waals surface area contributed by atoms with Crippen molar-refractivity contribution in [3.05, 3.63) is 16.5 Å². The zero-order chi connectivity index (χ0) is 10.6. The smallest absolute Gasteiger partial charge is 0.224 e. The monoisotopic (exact) mass is 235 g/mol. The van der Waals surface area contributed by atoms with Gasteiger partial charge in [0.05, 0.1) is 12.3 Å². The van der Waals surface area contributed by atoms with Crippen molar-refractivity contribution in [2.75, 3.05) is 19.0 Å². The van der Waals surface area contributed by atoms with Gasteiger partial charge in [0, 0.05) is 13.7 Å². The van der Waals surface area contributed by atoms with Crippen molar-refractivity contribution in [1.29, 1.82) is 0 Å². The van der Waals surface area contributed by atoms with Crippen LogP contribution in [0, 0.1) is 0 Å². The minimum Gasteiger partial charge on any atom is -0.380 e. The molecule has 0 radical (unpaired) electrons. The van der Waals surface area contributed by atoms with Gasteiger partial charge in [-0.05, 0) is 18.5 Å². The molecule has 0 fully saturated rings. The van der Waals surface area contributed by atoms with Gasteiger partial charge in [-0.25, -0.2) is 4.98 Å². The van der Waals surface area contributed by atoms with Crippen molar-refractivity contribution in [2.45, 2.75) is 13.0 Å². The van der Waals surface area contributed by atoms with E-state index < -0.39 is 0 Å². The highest BCUT2D eigenvalue weighted by Gasteiger charge is 2.05. The van der Waals surface area contributed by atoms with Crippen LogP contribution in [0.4, 0.5) is 5.82 Å². The third-order valence-corrected chi connectivity index (χ3v) is 2.13. The molecule has 0 aromatic carbocycles. The van der Waals surface area contributed by atoms with Gasteiger partial charge < -0.3 is 10.1 Å². The number of nitrogens with one attached hydrogen (secondary N) is 1. The largest absolute Gasteiger partial charge is 0.380 e. The summed E-state index contributed by atoms with van der Waals surface area (Å²) in [5.74, 6) is 0.524. The first kappa shape index (κ1) is 11.5. The maximum Gasteiger partial charge on any atom is 0.224 e. The van der Waals surface area contributed by atoms with E-state index in [9.17, 15) is 0 Å². The first-order valence-corrected chi connectivity index (χ1v) is 4.83.